The fraction of sp³-hybridized carbons (Fsp3) is 0.222. The van der Waals surface area contributed by atoms with Crippen molar-refractivity contribution in [3.8, 4) is 5.75 Å². The Labute approximate surface area is 159 Å². The minimum Gasteiger partial charge on any atom is -0.508 e. The van der Waals surface area contributed by atoms with Gasteiger partial charge < -0.3 is 14.9 Å². The molecule has 4 rings (SSSR count). The lowest BCUT2D eigenvalue weighted by atomic mass is 10.2. The van der Waals surface area contributed by atoms with E-state index in [0.717, 1.165) is 29.4 Å². The highest BCUT2D eigenvalue weighted by molar-refractivity contribution is 7.15. The molecule has 134 valence electrons. The van der Waals surface area contributed by atoms with E-state index in [1.54, 1.807) is 24.3 Å². The molecule has 1 N–H and O–H groups in total. The number of phenolic OH excluding ortho intramolecular Hbond substituents is 1. The molecule has 1 saturated heterocycles. The zero-order valence-electron chi connectivity index (χ0n) is 13.9. The molecular weight excluding hydrogens is 372 g/mol. The first-order valence-corrected chi connectivity index (χ1v) is 9.49. The second-order valence-corrected chi connectivity index (χ2v) is 7.24. The molecule has 2 aromatic heterocycles. The molecular formula is C18H17ClN4O2S. The molecule has 0 atom stereocenters. The van der Waals surface area contributed by atoms with Gasteiger partial charge in [-0.2, -0.15) is 0 Å². The largest absolute Gasteiger partial charge is 0.508 e. The molecule has 0 aliphatic carbocycles. The zero-order chi connectivity index (χ0) is 18.1. The van der Waals surface area contributed by atoms with Crippen molar-refractivity contribution < 1.29 is 9.90 Å². The SMILES string of the molecule is O=C(/C=C/c1c(Cl)nc2sccn12)N1CCN(c2ccc(O)cc2)CC1. The number of phenols is 1. The number of thiazole rings is 1. The third-order valence-corrected chi connectivity index (χ3v) is 5.48. The van der Waals surface area contributed by atoms with Crippen LogP contribution in [0.15, 0.2) is 41.9 Å². The first-order chi connectivity index (χ1) is 12.6. The molecule has 6 nitrogen and oxygen atoms in total. The molecule has 0 radical (unpaired) electrons. The molecule has 1 aliphatic rings. The van der Waals surface area contributed by atoms with Crippen LogP contribution in [0.3, 0.4) is 0 Å². The van der Waals surface area contributed by atoms with Crippen molar-refractivity contribution in [3.05, 3.63) is 52.8 Å². The maximum atomic E-state index is 12.5. The van der Waals surface area contributed by atoms with E-state index in [2.05, 4.69) is 9.88 Å². The predicted octanol–water partition coefficient (Wildman–Crippen LogP) is 3.12. The number of halogens is 1. The highest BCUT2D eigenvalue weighted by atomic mass is 35.5. The van der Waals surface area contributed by atoms with Crippen LogP contribution in [0.4, 0.5) is 5.69 Å². The van der Waals surface area contributed by atoms with Gasteiger partial charge in [0.25, 0.3) is 0 Å². The standard InChI is InChI=1S/C18H17ClN4O2S/c19-17-15(23-11-12-26-18(23)20-17)5-6-16(25)22-9-7-21(8-10-22)13-1-3-14(24)4-2-13/h1-6,11-12,24H,7-10H2/b6-5+. The first-order valence-electron chi connectivity index (χ1n) is 8.24. The predicted molar refractivity (Wildman–Crippen MR) is 104 cm³/mol. The second-order valence-electron chi connectivity index (χ2n) is 6.01. The van der Waals surface area contributed by atoms with E-state index in [9.17, 15) is 9.90 Å². The lowest BCUT2D eigenvalue weighted by molar-refractivity contribution is -0.126. The van der Waals surface area contributed by atoms with E-state index in [4.69, 9.17) is 11.6 Å². The summed E-state index contributed by atoms with van der Waals surface area (Å²) in [7, 11) is 0. The number of imidazole rings is 1. The number of benzene rings is 1. The van der Waals surface area contributed by atoms with E-state index in [-0.39, 0.29) is 11.7 Å². The lowest BCUT2D eigenvalue weighted by Crippen LogP contribution is -2.48. The van der Waals surface area contributed by atoms with Crippen LogP contribution in [0.2, 0.25) is 5.15 Å². The summed E-state index contributed by atoms with van der Waals surface area (Å²) in [6.07, 6.45) is 5.17. The average molecular weight is 389 g/mol. The molecule has 0 spiro atoms. The lowest BCUT2D eigenvalue weighted by Gasteiger charge is -2.35. The third-order valence-electron chi connectivity index (χ3n) is 4.44. The van der Waals surface area contributed by atoms with Crippen LogP contribution in [0.25, 0.3) is 11.0 Å². The number of hydrogen-bond donors (Lipinski definition) is 1. The van der Waals surface area contributed by atoms with Crippen molar-refractivity contribution in [2.75, 3.05) is 31.1 Å². The van der Waals surface area contributed by atoms with E-state index >= 15 is 0 Å². The van der Waals surface area contributed by atoms with Crippen LogP contribution in [-0.2, 0) is 4.79 Å². The maximum Gasteiger partial charge on any atom is 0.246 e. The number of carbonyl (C=O) groups is 1. The maximum absolute atomic E-state index is 12.5. The summed E-state index contributed by atoms with van der Waals surface area (Å²) in [5, 5.41) is 11.7. The summed E-state index contributed by atoms with van der Waals surface area (Å²) in [6.45, 7) is 2.81. The number of aromatic nitrogens is 2. The number of hydrogen-bond acceptors (Lipinski definition) is 5. The average Bonchev–Trinajstić information content (AvgIpc) is 3.21. The molecule has 1 aliphatic heterocycles. The summed E-state index contributed by atoms with van der Waals surface area (Å²) in [5.41, 5.74) is 1.77. The van der Waals surface area contributed by atoms with Gasteiger partial charge in [0.1, 0.15) is 5.75 Å². The van der Waals surface area contributed by atoms with Crippen molar-refractivity contribution in [1.82, 2.24) is 14.3 Å². The van der Waals surface area contributed by atoms with E-state index in [0.29, 0.717) is 18.2 Å². The molecule has 0 bridgehead atoms. The van der Waals surface area contributed by atoms with Crippen LogP contribution in [-0.4, -0.2) is 51.5 Å². The van der Waals surface area contributed by atoms with Crippen molar-refractivity contribution in [2.24, 2.45) is 0 Å². The normalized spacial score (nSPS) is 15.3. The highest BCUT2D eigenvalue weighted by Gasteiger charge is 2.20. The summed E-state index contributed by atoms with van der Waals surface area (Å²) < 4.78 is 1.87. The molecule has 1 aromatic carbocycles. The van der Waals surface area contributed by atoms with E-state index in [1.165, 1.54) is 11.3 Å². The number of nitrogens with zero attached hydrogens (tertiary/aromatic N) is 4. The Kier molecular flexibility index (Phi) is 4.57. The molecule has 8 heteroatoms. The Balaban J connectivity index is 1.40. The Morgan fingerprint density at radius 3 is 2.65 bits per heavy atom. The number of carbonyl (C=O) groups excluding carboxylic acids is 1. The summed E-state index contributed by atoms with van der Waals surface area (Å²) in [4.78, 5) is 21.6. The molecule has 0 saturated carbocycles. The van der Waals surface area contributed by atoms with Crippen LogP contribution in [0.1, 0.15) is 5.69 Å². The van der Waals surface area contributed by atoms with Crippen LogP contribution in [0, 0.1) is 0 Å². The summed E-state index contributed by atoms with van der Waals surface area (Å²) >= 11 is 7.65. The number of amides is 1. The quantitative estimate of drug-likeness (QED) is 0.700. The molecule has 3 aromatic rings. The van der Waals surface area contributed by atoms with Crippen molar-refractivity contribution in [1.29, 1.82) is 0 Å². The summed E-state index contributed by atoms with van der Waals surface area (Å²) in [5.74, 6) is 0.225. The Morgan fingerprint density at radius 2 is 1.92 bits per heavy atom. The van der Waals surface area contributed by atoms with Gasteiger partial charge in [0.2, 0.25) is 5.91 Å². The second kappa shape index (κ2) is 7.01. The molecule has 0 unspecified atom stereocenters. The first kappa shape index (κ1) is 16.9. The van der Waals surface area contributed by atoms with Gasteiger partial charge in [0.05, 0.1) is 5.69 Å². The van der Waals surface area contributed by atoms with E-state index in [1.807, 2.05) is 33.0 Å². The molecule has 3 heterocycles. The number of fused-ring (bicyclic) bond motifs is 1. The minimum atomic E-state index is -0.0309. The summed E-state index contributed by atoms with van der Waals surface area (Å²) in [6, 6.07) is 7.13. The zero-order valence-corrected chi connectivity index (χ0v) is 15.5. The number of rotatable bonds is 3. The van der Waals surface area contributed by atoms with Gasteiger partial charge in [-0.05, 0) is 30.3 Å². The highest BCUT2D eigenvalue weighted by Crippen LogP contribution is 2.23. The van der Waals surface area contributed by atoms with Gasteiger partial charge >= 0.3 is 0 Å². The number of aromatic hydroxyl groups is 1. The van der Waals surface area contributed by atoms with Crippen molar-refractivity contribution in [2.45, 2.75) is 0 Å². The van der Waals surface area contributed by atoms with Gasteiger partial charge in [0.15, 0.2) is 10.1 Å². The number of piperazine rings is 1. The van der Waals surface area contributed by atoms with Crippen LogP contribution < -0.4 is 4.90 Å². The molecule has 1 fully saturated rings. The van der Waals surface area contributed by atoms with Crippen LogP contribution >= 0.6 is 22.9 Å². The molecule has 26 heavy (non-hydrogen) atoms. The van der Waals surface area contributed by atoms with Crippen molar-refractivity contribution in [3.63, 3.8) is 0 Å². The van der Waals surface area contributed by atoms with Gasteiger partial charge in [-0.3, -0.25) is 9.20 Å². The van der Waals surface area contributed by atoms with Crippen molar-refractivity contribution >= 4 is 45.6 Å². The van der Waals surface area contributed by atoms with Gasteiger partial charge in [-0.1, -0.05) is 11.6 Å². The van der Waals surface area contributed by atoms with Gasteiger partial charge in [-0.15, -0.1) is 11.3 Å². The Bertz CT molecular complexity index is 955. The third kappa shape index (κ3) is 3.27. The monoisotopic (exact) mass is 388 g/mol. The Morgan fingerprint density at radius 1 is 1.19 bits per heavy atom. The smallest absolute Gasteiger partial charge is 0.246 e. The Hall–Kier alpha value is -2.51. The fourth-order valence-electron chi connectivity index (χ4n) is 3.03. The van der Waals surface area contributed by atoms with Gasteiger partial charge in [-0.25, -0.2) is 4.98 Å². The van der Waals surface area contributed by atoms with Crippen LogP contribution in [0.5, 0.6) is 5.75 Å². The number of anilines is 1. The van der Waals surface area contributed by atoms with E-state index < -0.39 is 0 Å². The molecule has 1 amide bonds. The van der Waals surface area contributed by atoms with Gasteiger partial charge in [0, 0.05) is 49.5 Å². The topological polar surface area (TPSA) is 61.1 Å². The fourth-order valence-corrected chi connectivity index (χ4v) is 4.04. The minimum absolute atomic E-state index is 0.0309.